The van der Waals surface area contributed by atoms with Crippen molar-refractivity contribution in [2.75, 3.05) is 6.54 Å². The second-order valence-corrected chi connectivity index (χ2v) is 6.36. The summed E-state index contributed by atoms with van der Waals surface area (Å²) in [7, 11) is 0. The number of unbranched alkanes of at least 4 members (excludes halogenated alkanes) is 1. The molecule has 5 heteroatoms. The van der Waals surface area contributed by atoms with Gasteiger partial charge in [0.15, 0.2) is 0 Å². The van der Waals surface area contributed by atoms with Crippen molar-refractivity contribution >= 4 is 10.9 Å². The molecule has 0 amide bonds. The first-order chi connectivity index (χ1) is 12.7. The topological polar surface area (TPSA) is 72.8 Å². The molecular weight excluding hydrogens is 324 g/mol. The van der Waals surface area contributed by atoms with Gasteiger partial charge in [0.25, 0.3) is 5.56 Å². The molecule has 5 nitrogen and oxygen atoms in total. The van der Waals surface area contributed by atoms with Crippen molar-refractivity contribution in [3.63, 3.8) is 0 Å². The van der Waals surface area contributed by atoms with Crippen LogP contribution in [0.25, 0.3) is 10.9 Å². The average Bonchev–Trinajstić information content (AvgIpc) is 2.66. The van der Waals surface area contributed by atoms with Crippen molar-refractivity contribution in [3.8, 4) is 6.07 Å². The molecular formula is C21H22N4O. The molecule has 3 rings (SSSR count). The zero-order chi connectivity index (χ0) is 18.4. The number of H-pyrrole nitrogens is 1. The van der Waals surface area contributed by atoms with E-state index in [1.165, 1.54) is 0 Å². The Morgan fingerprint density at radius 2 is 1.88 bits per heavy atom. The van der Waals surface area contributed by atoms with Crippen LogP contribution in [0.4, 0.5) is 0 Å². The highest BCUT2D eigenvalue weighted by Crippen LogP contribution is 2.14. The summed E-state index contributed by atoms with van der Waals surface area (Å²) in [5, 5.41) is 9.93. The lowest BCUT2D eigenvalue weighted by Gasteiger charge is -2.22. The second kappa shape index (κ2) is 8.41. The fraction of sp³-hybridized carbons (Fsp3) is 0.286. The van der Waals surface area contributed by atoms with E-state index in [-0.39, 0.29) is 5.56 Å². The minimum atomic E-state index is -0.113. The molecule has 0 atom stereocenters. The van der Waals surface area contributed by atoms with E-state index in [1.54, 1.807) is 6.07 Å². The summed E-state index contributed by atoms with van der Waals surface area (Å²) < 4.78 is 0. The molecule has 0 saturated heterocycles. The number of fused-ring (bicyclic) bond motifs is 1. The van der Waals surface area contributed by atoms with Gasteiger partial charge in [-0.25, -0.2) is 4.98 Å². The molecule has 0 aliphatic carbocycles. The van der Waals surface area contributed by atoms with Crippen LogP contribution < -0.4 is 5.56 Å². The van der Waals surface area contributed by atoms with Crippen molar-refractivity contribution in [1.82, 2.24) is 14.9 Å². The number of benzene rings is 2. The summed E-state index contributed by atoms with van der Waals surface area (Å²) in [6.07, 6.45) is 2.13. The third-order valence-corrected chi connectivity index (χ3v) is 4.39. The number of rotatable bonds is 7. The average molecular weight is 346 g/mol. The van der Waals surface area contributed by atoms with E-state index in [1.807, 2.05) is 42.5 Å². The molecule has 2 aromatic carbocycles. The van der Waals surface area contributed by atoms with Crippen molar-refractivity contribution < 1.29 is 0 Å². The zero-order valence-electron chi connectivity index (χ0n) is 14.9. The molecule has 132 valence electrons. The Balaban J connectivity index is 1.87. The smallest absolute Gasteiger partial charge is 0.258 e. The summed E-state index contributed by atoms with van der Waals surface area (Å²) in [6, 6.07) is 17.3. The van der Waals surface area contributed by atoms with Gasteiger partial charge in [-0.2, -0.15) is 5.26 Å². The number of aromatic amines is 1. The highest BCUT2D eigenvalue weighted by Gasteiger charge is 2.12. The second-order valence-electron chi connectivity index (χ2n) is 6.36. The molecule has 3 aromatic rings. The van der Waals surface area contributed by atoms with E-state index in [4.69, 9.17) is 0 Å². The van der Waals surface area contributed by atoms with Gasteiger partial charge in [0.1, 0.15) is 5.82 Å². The van der Waals surface area contributed by atoms with Crippen LogP contribution in [-0.2, 0) is 13.1 Å². The van der Waals surface area contributed by atoms with Gasteiger partial charge in [-0.05, 0) is 36.7 Å². The summed E-state index contributed by atoms with van der Waals surface area (Å²) in [4.78, 5) is 22.0. The highest BCUT2D eigenvalue weighted by molar-refractivity contribution is 5.77. The van der Waals surface area contributed by atoms with E-state index in [0.717, 1.165) is 24.9 Å². The third-order valence-electron chi connectivity index (χ3n) is 4.39. The lowest BCUT2D eigenvalue weighted by atomic mass is 10.1. The van der Waals surface area contributed by atoms with Crippen LogP contribution >= 0.6 is 0 Å². The molecule has 0 spiro atoms. The van der Waals surface area contributed by atoms with E-state index in [9.17, 15) is 10.1 Å². The monoisotopic (exact) mass is 346 g/mol. The van der Waals surface area contributed by atoms with Gasteiger partial charge in [-0.1, -0.05) is 43.7 Å². The molecule has 0 aliphatic rings. The van der Waals surface area contributed by atoms with Crippen LogP contribution in [0.15, 0.2) is 53.3 Å². The lowest BCUT2D eigenvalue weighted by molar-refractivity contribution is 0.246. The lowest BCUT2D eigenvalue weighted by Crippen LogP contribution is -2.27. The third kappa shape index (κ3) is 4.16. The Hall–Kier alpha value is -2.97. The zero-order valence-corrected chi connectivity index (χ0v) is 14.9. The molecule has 0 bridgehead atoms. The van der Waals surface area contributed by atoms with Crippen LogP contribution in [0, 0.1) is 11.3 Å². The predicted molar refractivity (Wildman–Crippen MR) is 103 cm³/mol. The van der Waals surface area contributed by atoms with Crippen LogP contribution in [-0.4, -0.2) is 21.4 Å². The van der Waals surface area contributed by atoms with Crippen molar-refractivity contribution in [3.05, 3.63) is 75.8 Å². The molecule has 0 saturated carbocycles. The molecule has 0 fully saturated rings. The summed E-state index contributed by atoms with van der Waals surface area (Å²) in [5.41, 5.74) is 2.28. The Morgan fingerprint density at radius 3 is 2.69 bits per heavy atom. The van der Waals surface area contributed by atoms with Crippen molar-refractivity contribution in [2.45, 2.75) is 32.9 Å². The molecule has 0 unspecified atom stereocenters. The Kier molecular flexibility index (Phi) is 5.77. The molecule has 0 radical (unpaired) electrons. The molecule has 1 N–H and O–H groups in total. The number of aromatic nitrogens is 2. The normalized spacial score (nSPS) is 11.0. The van der Waals surface area contributed by atoms with Crippen LogP contribution in [0.1, 0.15) is 36.7 Å². The summed E-state index contributed by atoms with van der Waals surface area (Å²) in [5.74, 6) is 0.652. The van der Waals surface area contributed by atoms with E-state index >= 15 is 0 Å². The van der Waals surface area contributed by atoms with Crippen LogP contribution in [0.2, 0.25) is 0 Å². The van der Waals surface area contributed by atoms with Crippen molar-refractivity contribution in [2.24, 2.45) is 0 Å². The van der Waals surface area contributed by atoms with Gasteiger partial charge in [0.2, 0.25) is 0 Å². The maximum atomic E-state index is 12.3. The number of hydrogen-bond donors (Lipinski definition) is 1. The minimum Gasteiger partial charge on any atom is -0.309 e. The molecule has 1 heterocycles. The SMILES string of the molecule is CCCCN(Cc1nc2ccccc2c(=O)[nH]1)Cc1ccccc1C#N. The first-order valence-electron chi connectivity index (χ1n) is 8.89. The number of nitrogens with one attached hydrogen (secondary N) is 1. The van der Waals surface area contributed by atoms with Crippen LogP contribution in [0.3, 0.4) is 0 Å². The summed E-state index contributed by atoms with van der Waals surface area (Å²) in [6.45, 7) is 4.23. The number of hydrogen-bond acceptors (Lipinski definition) is 4. The Labute approximate surface area is 152 Å². The van der Waals surface area contributed by atoms with Gasteiger partial charge >= 0.3 is 0 Å². The molecule has 1 aromatic heterocycles. The summed E-state index contributed by atoms with van der Waals surface area (Å²) >= 11 is 0. The Bertz CT molecular complexity index is 987. The van der Waals surface area contributed by atoms with Crippen LogP contribution in [0.5, 0.6) is 0 Å². The number of para-hydroxylation sites is 1. The molecule has 0 aliphatic heterocycles. The van der Waals surface area contributed by atoms with Gasteiger partial charge in [0.05, 0.1) is 29.1 Å². The van der Waals surface area contributed by atoms with Crippen molar-refractivity contribution in [1.29, 1.82) is 5.26 Å². The first kappa shape index (κ1) is 17.8. The molecule has 26 heavy (non-hydrogen) atoms. The number of nitrogens with zero attached hydrogens (tertiary/aromatic N) is 3. The van der Waals surface area contributed by atoms with Gasteiger partial charge in [0, 0.05) is 6.54 Å². The minimum absolute atomic E-state index is 0.113. The van der Waals surface area contributed by atoms with E-state index < -0.39 is 0 Å². The maximum absolute atomic E-state index is 12.3. The largest absolute Gasteiger partial charge is 0.309 e. The fourth-order valence-electron chi connectivity index (χ4n) is 3.03. The fourth-order valence-corrected chi connectivity index (χ4v) is 3.03. The first-order valence-corrected chi connectivity index (χ1v) is 8.89. The van der Waals surface area contributed by atoms with E-state index in [2.05, 4.69) is 27.9 Å². The standard InChI is InChI=1S/C21H22N4O/c1-2-3-12-25(14-17-9-5-4-8-16(17)13-22)15-20-23-19-11-7-6-10-18(19)21(26)24-20/h4-11H,2-3,12,14-15H2,1H3,(H,23,24,26). The number of nitriles is 1. The van der Waals surface area contributed by atoms with E-state index in [0.29, 0.717) is 35.4 Å². The van der Waals surface area contributed by atoms with Gasteiger partial charge < -0.3 is 4.98 Å². The highest BCUT2D eigenvalue weighted by atomic mass is 16.1. The van der Waals surface area contributed by atoms with Gasteiger partial charge in [-0.15, -0.1) is 0 Å². The predicted octanol–water partition coefficient (Wildman–Crippen LogP) is 3.60. The Morgan fingerprint density at radius 1 is 1.12 bits per heavy atom. The quantitative estimate of drug-likeness (QED) is 0.709. The van der Waals surface area contributed by atoms with Gasteiger partial charge in [-0.3, -0.25) is 9.69 Å². The maximum Gasteiger partial charge on any atom is 0.258 e.